The van der Waals surface area contributed by atoms with Gasteiger partial charge in [-0.25, -0.2) is 4.79 Å². The summed E-state index contributed by atoms with van der Waals surface area (Å²) in [6, 6.07) is 11.8. The molecule has 3 rings (SSSR count). The Balaban J connectivity index is 0.000000666. The summed E-state index contributed by atoms with van der Waals surface area (Å²) in [6.07, 6.45) is 5.20. The SMILES string of the molecule is COC=O.Cc1ccc(NC(=O)N2CCCCC2)cc1-c1ccccn1.[HH]. The van der Waals surface area contributed by atoms with Crippen molar-refractivity contribution in [2.75, 3.05) is 25.5 Å². The van der Waals surface area contributed by atoms with E-state index >= 15 is 0 Å². The summed E-state index contributed by atoms with van der Waals surface area (Å²) in [5, 5.41) is 3.01. The Morgan fingerprint density at radius 2 is 1.96 bits per heavy atom. The second-order valence-electron chi connectivity index (χ2n) is 6.05. The monoisotopic (exact) mass is 357 g/mol. The lowest BCUT2D eigenvalue weighted by atomic mass is 10.0. The first kappa shape index (κ1) is 19.4. The summed E-state index contributed by atoms with van der Waals surface area (Å²) in [7, 11) is 1.31. The van der Waals surface area contributed by atoms with Gasteiger partial charge in [0, 0.05) is 32.0 Å². The van der Waals surface area contributed by atoms with Crippen LogP contribution >= 0.6 is 0 Å². The predicted molar refractivity (Wildman–Crippen MR) is 104 cm³/mol. The number of carbonyl (C=O) groups excluding carboxylic acids is 2. The van der Waals surface area contributed by atoms with E-state index in [4.69, 9.17) is 4.79 Å². The van der Waals surface area contributed by atoms with E-state index in [-0.39, 0.29) is 7.46 Å². The summed E-state index contributed by atoms with van der Waals surface area (Å²) in [6.45, 7) is 4.13. The molecule has 2 heterocycles. The lowest BCUT2D eigenvalue weighted by Crippen LogP contribution is -2.38. The number of rotatable bonds is 3. The predicted octanol–water partition coefficient (Wildman–Crippen LogP) is 4.11. The highest BCUT2D eigenvalue weighted by molar-refractivity contribution is 5.90. The number of carbonyl (C=O) groups is 2. The second kappa shape index (κ2) is 10.2. The molecule has 1 aromatic heterocycles. The molecule has 0 radical (unpaired) electrons. The lowest BCUT2D eigenvalue weighted by molar-refractivity contribution is -0.126. The van der Waals surface area contributed by atoms with Gasteiger partial charge in [0.15, 0.2) is 0 Å². The van der Waals surface area contributed by atoms with Crippen molar-refractivity contribution in [1.29, 1.82) is 0 Å². The molecule has 6 nitrogen and oxygen atoms in total. The van der Waals surface area contributed by atoms with Gasteiger partial charge >= 0.3 is 6.03 Å². The zero-order valence-corrected chi connectivity index (χ0v) is 15.3. The number of anilines is 1. The van der Waals surface area contributed by atoms with Gasteiger partial charge in [0.1, 0.15) is 0 Å². The highest BCUT2D eigenvalue weighted by Crippen LogP contribution is 2.25. The molecule has 0 aliphatic carbocycles. The van der Waals surface area contributed by atoms with Crippen LogP contribution in [0.1, 0.15) is 26.3 Å². The van der Waals surface area contributed by atoms with Crippen LogP contribution in [0, 0.1) is 6.92 Å². The Kier molecular flexibility index (Phi) is 7.61. The van der Waals surface area contributed by atoms with Crippen molar-refractivity contribution >= 4 is 18.2 Å². The average molecular weight is 357 g/mol. The topological polar surface area (TPSA) is 71.5 Å². The Morgan fingerprint density at radius 1 is 1.23 bits per heavy atom. The van der Waals surface area contributed by atoms with Crippen LogP contribution in [0.2, 0.25) is 0 Å². The van der Waals surface area contributed by atoms with Gasteiger partial charge < -0.3 is 15.0 Å². The summed E-state index contributed by atoms with van der Waals surface area (Å²) < 4.78 is 3.86. The number of hydrogen-bond donors (Lipinski definition) is 1. The quantitative estimate of drug-likeness (QED) is 0.839. The Hall–Kier alpha value is -2.89. The van der Waals surface area contributed by atoms with Crippen LogP contribution in [-0.4, -0.2) is 42.6 Å². The van der Waals surface area contributed by atoms with E-state index in [1.54, 1.807) is 6.20 Å². The molecular weight excluding hydrogens is 330 g/mol. The number of urea groups is 1. The molecule has 1 aromatic carbocycles. The van der Waals surface area contributed by atoms with E-state index in [2.05, 4.69) is 22.0 Å². The molecule has 140 valence electrons. The number of aryl methyl sites for hydroxylation is 1. The van der Waals surface area contributed by atoms with Crippen molar-refractivity contribution in [3.63, 3.8) is 0 Å². The minimum Gasteiger partial charge on any atom is -0.471 e. The van der Waals surface area contributed by atoms with Crippen LogP contribution in [0.3, 0.4) is 0 Å². The summed E-state index contributed by atoms with van der Waals surface area (Å²) in [4.78, 5) is 27.5. The van der Waals surface area contributed by atoms with E-state index < -0.39 is 0 Å². The number of aromatic nitrogens is 1. The molecule has 1 aliphatic rings. The largest absolute Gasteiger partial charge is 0.471 e. The minimum atomic E-state index is -0.00414. The Morgan fingerprint density at radius 3 is 2.58 bits per heavy atom. The first-order valence-electron chi connectivity index (χ1n) is 8.70. The molecule has 2 amide bonds. The number of likely N-dealkylation sites (tertiary alicyclic amines) is 1. The first-order valence-corrected chi connectivity index (χ1v) is 8.70. The van der Waals surface area contributed by atoms with Crippen molar-refractivity contribution in [1.82, 2.24) is 9.88 Å². The molecule has 0 bridgehead atoms. The number of nitrogens with zero attached hydrogens (tertiary/aromatic N) is 2. The van der Waals surface area contributed by atoms with Gasteiger partial charge in [-0.2, -0.15) is 0 Å². The van der Waals surface area contributed by atoms with E-state index in [9.17, 15) is 4.79 Å². The van der Waals surface area contributed by atoms with Crippen LogP contribution < -0.4 is 5.32 Å². The maximum atomic E-state index is 12.3. The maximum absolute atomic E-state index is 12.3. The van der Waals surface area contributed by atoms with Crippen molar-refractivity contribution in [2.45, 2.75) is 26.2 Å². The zero-order chi connectivity index (χ0) is 18.8. The third-order valence-electron chi connectivity index (χ3n) is 4.17. The molecule has 1 N–H and O–H groups in total. The molecule has 1 aliphatic heterocycles. The Bertz CT molecular complexity index is 720. The van der Waals surface area contributed by atoms with Crippen LogP contribution in [0.5, 0.6) is 0 Å². The van der Waals surface area contributed by atoms with Gasteiger partial charge in [-0.15, -0.1) is 0 Å². The third-order valence-corrected chi connectivity index (χ3v) is 4.17. The standard InChI is InChI=1S/C18H21N3O.C2H4O2.H2/c1-14-8-9-15(13-16(14)17-7-3-4-10-19-17)20-18(22)21-11-5-2-6-12-21;1-4-2-3;/h3-4,7-10,13H,2,5-6,11-12H2,1H3,(H,20,22);2H,1H3;1H. The average Bonchev–Trinajstić information content (AvgIpc) is 2.71. The fourth-order valence-electron chi connectivity index (χ4n) is 2.80. The van der Waals surface area contributed by atoms with Crippen LogP contribution in [-0.2, 0) is 9.53 Å². The number of ether oxygens (including phenoxy) is 1. The van der Waals surface area contributed by atoms with E-state index in [0.717, 1.165) is 48.4 Å². The summed E-state index contributed by atoms with van der Waals surface area (Å²) in [5.74, 6) is 0. The normalized spacial score (nSPS) is 13.2. The number of pyridine rings is 1. The van der Waals surface area contributed by atoms with Crippen LogP contribution in [0.25, 0.3) is 11.3 Å². The molecule has 2 aromatic rings. The summed E-state index contributed by atoms with van der Waals surface area (Å²) in [5.41, 5.74) is 3.95. The second-order valence-corrected chi connectivity index (χ2v) is 6.05. The molecular formula is C20H27N3O3. The third kappa shape index (κ3) is 5.58. The highest BCUT2D eigenvalue weighted by Gasteiger charge is 2.16. The van der Waals surface area contributed by atoms with Gasteiger partial charge in [0.25, 0.3) is 6.47 Å². The molecule has 0 unspecified atom stereocenters. The molecule has 1 saturated heterocycles. The number of nitrogens with one attached hydrogen (secondary N) is 1. The van der Waals surface area contributed by atoms with Crippen LogP contribution in [0.4, 0.5) is 10.5 Å². The van der Waals surface area contributed by atoms with E-state index in [1.807, 2.05) is 41.3 Å². The smallest absolute Gasteiger partial charge is 0.321 e. The molecule has 0 atom stereocenters. The lowest BCUT2D eigenvalue weighted by Gasteiger charge is -2.26. The number of amides is 2. The first-order chi connectivity index (χ1) is 12.7. The van der Waals surface area contributed by atoms with Gasteiger partial charge in [-0.3, -0.25) is 9.78 Å². The fraction of sp³-hybridized carbons (Fsp3) is 0.350. The number of methoxy groups -OCH3 is 1. The van der Waals surface area contributed by atoms with Crippen molar-refractivity contribution in [3.05, 3.63) is 48.2 Å². The van der Waals surface area contributed by atoms with Crippen molar-refractivity contribution in [2.24, 2.45) is 0 Å². The zero-order valence-electron chi connectivity index (χ0n) is 15.3. The van der Waals surface area contributed by atoms with Gasteiger partial charge in [0.05, 0.1) is 12.8 Å². The van der Waals surface area contributed by atoms with Gasteiger partial charge in [-0.05, 0) is 56.0 Å². The molecule has 0 saturated carbocycles. The summed E-state index contributed by atoms with van der Waals surface area (Å²) >= 11 is 0. The molecule has 6 heteroatoms. The molecule has 0 spiro atoms. The number of hydrogen-bond acceptors (Lipinski definition) is 4. The van der Waals surface area contributed by atoms with Gasteiger partial charge in [-0.1, -0.05) is 12.1 Å². The van der Waals surface area contributed by atoms with E-state index in [1.165, 1.54) is 13.5 Å². The van der Waals surface area contributed by atoms with Crippen molar-refractivity contribution in [3.8, 4) is 11.3 Å². The number of benzene rings is 1. The van der Waals surface area contributed by atoms with Crippen molar-refractivity contribution < 1.29 is 15.8 Å². The number of piperidine rings is 1. The fourth-order valence-corrected chi connectivity index (χ4v) is 2.80. The Labute approximate surface area is 155 Å². The maximum Gasteiger partial charge on any atom is 0.321 e. The molecule has 1 fully saturated rings. The minimum absolute atomic E-state index is 0. The molecule has 26 heavy (non-hydrogen) atoms. The van der Waals surface area contributed by atoms with Gasteiger partial charge in [0.2, 0.25) is 0 Å². The van der Waals surface area contributed by atoms with E-state index in [0.29, 0.717) is 6.47 Å². The van der Waals surface area contributed by atoms with Crippen LogP contribution in [0.15, 0.2) is 42.6 Å². The highest BCUT2D eigenvalue weighted by atomic mass is 16.5.